The second kappa shape index (κ2) is 7.44. The Bertz CT molecular complexity index is 1150. The highest BCUT2D eigenvalue weighted by atomic mass is 32.1. The minimum Gasteiger partial charge on any atom is -0.457 e. The molecule has 142 valence electrons. The normalized spacial score (nSPS) is 11.1. The molecule has 0 saturated heterocycles. The van der Waals surface area contributed by atoms with Crippen LogP contribution >= 0.6 is 11.3 Å². The predicted octanol–water partition coefficient (Wildman–Crippen LogP) is 4.73. The first-order valence-corrected chi connectivity index (χ1v) is 9.58. The molecule has 0 bridgehead atoms. The van der Waals surface area contributed by atoms with Crippen molar-refractivity contribution in [3.63, 3.8) is 0 Å². The number of aryl methyl sites for hydroxylation is 2. The number of rotatable bonds is 6. The number of carbonyl (C=O) groups excluding carboxylic acids is 2. The lowest BCUT2D eigenvalue weighted by Crippen LogP contribution is -2.16. The van der Waals surface area contributed by atoms with Gasteiger partial charge in [-0.3, -0.25) is 9.59 Å². The Morgan fingerprint density at radius 1 is 1.11 bits per heavy atom. The van der Waals surface area contributed by atoms with Crippen LogP contribution in [0.25, 0.3) is 21.7 Å². The Morgan fingerprint density at radius 3 is 2.68 bits per heavy atom. The highest BCUT2D eigenvalue weighted by molar-refractivity contribution is 7.13. The van der Waals surface area contributed by atoms with Gasteiger partial charge in [0.15, 0.2) is 12.4 Å². The van der Waals surface area contributed by atoms with E-state index in [0.717, 1.165) is 15.8 Å². The predicted molar refractivity (Wildman–Crippen MR) is 104 cm³/mol. The lowest BCUT2D eigenvalue weighted by Gasteiger charge is -2.02. The van der Waals surface area contributed by atoms with E-state index in [4.69, 9.17) is 13.6 Å². The molecule has 0 aliphatic heterocycles. The summed E-state index contributed by atoms with van der Waals surface area (Å²) in [5.41, 5.74) is 1.87. The van der Waals surface area contributed by atoms with Crippen molar-refractivity contribution in [2.45, 2.75) is 20.3 Å². The maximum atomic E-state index is 12.4. The van der Waals surface area contributed by atoms with Gasteiger partial charge >= 0.3 is 5.97 Å². The fourth-order valence-corrected chi connectivity index (χ4v) is 3.59. The Labute approximate surface area is 164 Å². The molecule has 1 aromatic carbocycles. The number of aromatic nitrogens is 1. The molecular formula is C21H17NO5S. The third-order valence-electron chi connectivity index (χ3n) is 4.40. The standard InChI is InChI=1S/C21H17NO5S/c1-12-14-6-3-4-7-17(14)27-20(12)16(23)11-25-19(24)10-15-13(2)26-21(22-15)18-8-5-9-28-18/h3-9H,10-11H2,1-2H3. The number of carbonyl (C=O) groups is 2. The van der Waals surface area contributed by atoms with Crippen molar-refractivity contribution >= 4 is 34.1 Å². The van der Waals surface area contributed by atoms with E-state index in [1.54, 1.807) is 13.0 Å². The minimum atomic E-state index is -0.545. The zero-order chi connectivity index (χ0) is 19.7. The lowest BCUT2D eigenvalue weighted by molar-refractivity contribution is -0.141. The van der Waals surface area contributed by atoms with Crippen LogP contribution in [0, 0.1) is 13.8 Å². The topological polar surface area (TPSA) is 82.5 Å². The fourth-order valence-electron chi connectivity index (χ4n) is 2.94. The summed E-state index contributed by atoms with van der Waals surface area (Å²) in [6.07, 6.45) is -0.0624. The Kier molecular flexibility index (Phi) is 4.83. The molecule has 0 spiro atoms. The molecule has 0 N–H and O–H groups in total. The average Bonchev–Trinajstić information content (AvgIpc) is 3.41. The number of hydrogen-bond acceptors (Lipinski definition) is 7. The van der Waals surface area contributed by atoms with Gasteiger partial charge in [-0.05, 0) is 31.4 Å². The van der Waals surface area contributed by atoms with Gasteiger partial charge in [0.2, 0.25) is 11.7 Å². The molecule has 4 rings (SSSR count). The molecule has 3 aromatic heterocycles. The van der Waals surface area contributed by atoms with Crippen molar-refractivity contribution in [3.05, 3.63) is 64.6 Å². The lowest BCUT2D eigenvalue weighted by atomic mass is 10.1. The monoisotopic (exact) mass is 395 g/mol. The zero-order valence-electron chi connectivity index (χ0n) is 15.4. The van der Waals surface area contributed by atoms with Gasteiger partial charge in [-0.15, -0.1) is 11.3 Å². The van der Waals surface area contributed by atoms with Crippen LogP contribution in [0.3, 0.4) is 0 Å². The third kappa shape index (κ3) is 3.48. The largest absolute Gasteiger partial charge is 0.457 e. The summed E-state index contributed by atoms with van der Waals surface area (Å²) in [6, 6.07) is 11.2. The molecular weight excluding hydrogens is 378 g/mol. The van der Waals surface area contributed by atoms with Gasteiger partial charge < -0.3 is 13.6 Å². The van der Waals surface area contributed by atoms with E-state index >= 15 is 0 Å². The van der Waals surface area contributed by atoms with Gasteiger partial charge in [0.05, 0.1) is 17.0 Å². The number of fused-ring (bicyclic) bond motifs is 1. The molecule has 0 aliphatic rings. The first-order valence-electron chi connectivity index (χ1n) is 8.70. The summed E-state index contributed by atoms with van der Waals surface area (Å²) in [5.74, 6) is 0.324. The van der Waals surface area contributed by atoms with Crippen molar-refractivity contribution in [1.82, 2.24) is 4.98 Å². The number of para-hydroxylation sites is 1. The van der Waals surface area contributed by atoms with Crippen molar-refractivity contribution in [3.8, 4) is 10.8 Å². The molecule has 6 nitrogen and oxygen atoms in total. The van der Waals surface area contributed by atoms with Crippen LogP contribution in [0.1, 0.15) is 27.6 Å². The Balaban J connectivity index is 1.40. The van der Waals surface area contributed by atoms with E-state index in [-0.39, 0.29) is 24.6 Å². The van der Waals surface area contributed by atoms with Crippen molar-refractivity contribution < 1.29 is 23.2 Å². The zero-order valence-corrected chi connectivity index (χ0v) is 16.2. The molecule has 28 heavy (non-hydrogen) atoms. The first kappa shape index (κ1) is 18.2. The Morgan fingerprint density at radius 2 is 1.93 bits per heavy atom. The highest BCUT2D eigenvalue weighted by Crippen LogP contribution is 2.27. The van der Waals surface area contributed by atoms with Gasteiger partial charge in [-0.25, -0.2) is 4.98 Å². The molecule has 0 amide bonds. The quantitative estimate of drug-likeness (QED) is 0.347. The molecule has 0 fully saturated rings. The molecule has 0 aliphatic carbocycles. The summed E-state index contributed by atoms with van der Waals surface area (Å²) in [5, 5.41) is 2.80. The minimum absolute atomic E-state index is 0.0624. The maximum absolute atomic E-state index is 12.4. The number of esters is 1. The molecule has 0 atom stereocenters. The molecule has 0 radical (unpaired) electrons. The van der Waals surface area contributed by atoms with Gasteiger partial charge in [0, 0.05) is 10.9 Å². The number of Topliss-reactive ketones (excluding diaryl/α,β-unsaturated/α-hetero) is 1. The number of furan rings is 1. The number of hydrogen-bond donors (Lipinski definition) is 0. The number of ether oxygens (including phenoxy) is 1. The number of benzene rings is 1. The number of thiophene rings is 1. The maximum Gasteiger partial charge on any atom is 0.312 e. The van der Waals surface area contributed by atoms with E-state index < -0.39 is 5.97 Å². The van der Waals surface area contributed by atoms with Crippen LogP contribution in [0.15, 0.2) is 50.6 Å². The molecule has 0 saturated carbocycles. The van der Waals surface area contributed by atoms with Crippen molar-refractivity contribution in [1.29, 1.82) is 0 Å². The average molecular weight is 395 g/mol. The SMILES string of the molecule is Cc1oc(-c2cccs2)nc1CC(=O)OCC(=O)c1oc2ccccc2c1C. The van der Waals surface area contributed by atoms with Crippen molar-refractivity contribution in [2.75, 3.05) is 6.61 Å². The van der Waals surface area contributed by atoms with Crippen LogP contribution in [-0.2, 0) is 16.0 Å². The van der Waals surface area contributed by atoms with Crippen LogP contribution in [0.5, 0.6) is 0 Å². The van der Waals surface area contributed by atoms with Crippen LogP contribution in [0.4, 0.5) is 0 Å². The second-order valence-corrected chi connectivity index (χ2v) is 7.26. The van der Waals surface area contributed by atoms with E-state index in [2.05, 4.69) is 4.98 Å². The van der Waals surface area contributed by atoms with Gasteiger partial charge in [-0.1, -0.05) is 24.3 Å². The van der Waals surface area contributed by atoms with Gasteiger partial charge in [0.1, 0.15) is 11.3 Å². The van der Waals surface area contributed by atoms with Crippen LogP contribution < -0.4 is 0 Å². The number of nitrogens with zero attached hydrogens (tertiary/aromatic N) is 1. The summed E-state index contributed by atoms with van der Waals surface area (Å²) in [6.45, 7) is 3.18. The summed E-state index contributed by atoms with van der Waals surface area (Å²) >= 11 is 1.50. The highest BCUT2D eigenvalue weighted by Gasteiger charge is 2.20. The van der Waals surface area contributed by atoms with Gasteiger partial charge in [-0.2, -0.15) is 0 Å². The summed E-state index contributed by atoms with van der Waals surface area (Å²) < 4.78 is 16.4. The smallest absolute Gasteiger partial charge is 0.312 e. The molecule has 0 unspecified atom stereocenters. The fraction of sp³-hybridized carbons (Fsp3) is 0.190. The van der Waals surface area contributed by atoms with E-state index in [1.807, 2.05) is 42.6 Å². The Hall–Kier alpha value is -3.19. The van der Waals surface area contributed by atoms with Crippen molar-refractivity contribution in [2.24, 2.45) is 0 Å². The molecule has 4 aromatic rings. The molecule has 3 heterocycles. The number of oxazole rings is 1. The van der Waals surface area contributed by atoms with Crippen LogP contribution in [-0.4, -0.2) is 23.3 Å². The first-order chi connectivity index (χ1) is 13.5. The number of ketones is 1. The summed E-state index contributed by atoms with van der Waals surface area (Å²) in [7, 11) is 0. The van der Waals surface area contributed by atoms with Gasteiger partial charge in [0.25, 0.3) is 0 Å². The van der Waals surface area contributed by atoms with E-state index in [9.17, 15) is 9.59 Å². The summed E-state index contributed by atoms with van der Waals surface area (Å²) in [4.78, 5) is 29.8. The molecule has 7 heteroatoms. The van der Waals surface area contributed by atoms with E-state index in [1.165, 1.54) is 11.3 Å². The van der Waals surface area contributed by atoms with Crippen LogP contribution in [0.2, 0.25) is 0 Å². The van der Waals surface area contributed by atoms with E-state index in [0.29, 0.717) is 22.9 Å². The second-order valence-electron chi connectivity index (χ2n) is 6.31. The third-order valence-corrected chi connectivity index (χ3v) is 5.26.